The summed E-state index contributed by atoms with van der Waals surface area (Å²) in [5.74, 6) is 0.623. The van der Waals surface area contributed by atoms with Gasteiger partial charge in [0.15, 0.2) is 0 Å². The van der Waals surface area contributed by atoms with Crippen molar-refractivity contribution in [2.24, 2.45) is 5.10 Å². The molecule has 2 amide bonds. The molecule has 136 valence electrons. The second-order valence-electron chi connectivity index (χ2n) is 5.59. The number of carbonyl (C=O) groups is 2. The van der Waals surface area contributed by atoms with Gasteiger partial charge in [-0.25, -0.2) is 5.43 Å². The zero-order valence-electron chi connectivity index (χ0n) is 14.4. The van der Waals surface area contributed by atoms with Gasteiger partial charge < -0.3 is 5.32 Å². The maximum absolute atomic E-state index is 11.9. The Kier molecular flexibility index (Phi) is 8.18. The fraction of sp³-hybridized carbons (Fsp3) is 0.211. The van der Waals surface area contributed by atoms with Crippen LogP contribution in [0.2, 0.25) is 5.02 Å². The Balaban J connectivity index is 1.67. The Morgan fingerprint density at radius 3 is 2.42 bits per heavy atom. The van der Waals surface area contributed by atoms with E-state index in [0.29, 0.717) is 16.5 Å². The molecule has 0 bridgehead atoms. The molecular weight excluding hydrogens is 370 g/mol. The maximum atomic E-state index is 11.9. The highest BCUT2D eigenvalue weighted by molar-refractivity contribution is 7.99. The third-order valence-electron chi connectivity index (χ3n) is 3.26. The highest BCUT2D eigenvalue weighted by Crippen LogP contribution is 2.15. The second kappa shape index (κ2) is 10.6. The number of amides is 2. The van der Waals surface area contributed by atoms with Gasteiger partial charge in [-0.05, 0) is 36.8 Å². The summed E-state index contributed by atoms with van der Waals surface area (Å²) in [6.07, 6.45) is 0.118. The van der Waals surface area contributed by atoms with E-state index in [4.69, 9.17) is 11.6 Å². The number of carbonyl (C=O) groups excluding carboxylic acids is 2. The highest BCUT2D eigenvalue weighted by atomic mass is 35.5. The van der Waals surface area contributed by atoms with Crippen LogP contribution in [0.25, 0.3) is 0 Å². The van der Waals surface area contributed by atoms with E-state index in [1.807, 2.05) is 54.6 Å². The number of nitrogens with zero attached hydrogens (tertiary/aromatic N) is 1. The molecule has 0 saturated heterocycles. The monoisotopic (exact) mass is 389 g/mol. The van der Waals surface area contributed by atoms with Crippen LogP contribution in [-0.4, -0.2) is 23.3 Å². The largest absolute Gasteiger partial charge is 0.326 e. The van der Waals surface area contributed by atoms with Crippen molar-refractivity contribution in [3.63, 3.8) is 0 Å². The number of para-hydroxylation sites is 1. The number of anilines is 1. The summed E-state index contributed by atoms with van der Waals surface area (Å²) in [6, 6.07) is 16.7. The van der Waals surface area contributed by atoms with Gasteiger partial charge in [-0.1, -0.05) is 41.9 Å². The first-order valence-electron chi connectivity index (χ1n) is 8.02. The Hall–Kier alpha value is -2.31. The van der Waals surface area contributed by atoms with Crippen LogP contribution < -0.4 is 10.7 Å². The van der Waals surface area contributed by atoms with Crippen molar-refractivity contribution < 1.29 is 9.59 Å². The van der Waals surface area contributed by atoms with E-state index in [-0.39, 0.29) is 24.0 Å². The first kappa shape index (κ1) is 20.0. The van der Waals surface area contributed by atoms with Crippen LogP contribution in [0.4, 0.5) is 5.69 Å². The van der Waals surface area contributed by atoms with Gasteiger partial charge in [-0.2, -0.15) is 5.10 Å². The van der Waals surface area contributed by atoms with Crippen molar-refractivity contribution in [1.82, 2.24) is 5.43 Å². The number of hydrogen-bond donors (Lipinski definition) is 2. The molecule has 0 radical (unpaired) electrons. The number of hydrogen-bond acceptors (Lipinski definition) is 4. The molecule has 0 aliphatic heterocycles. The first-order valence-corrected chi connectivity index (χ1v) is 9.55. The molecule has 2 aromatic carbocycles. The van der Waals surface area contributed by atoms with E-state index in [1.54, 1.807) is 6.92 Å². The van der Waals surface area contributed by atoms with Gasteiger partial charge >= 0.3 is 0 Å². The number of halogens is 1. The van der Waals surface area contributed by atoms with E-state index >= 15 is 0 Å². The smallest absolute Gasteiger partial charge is 0.250 e. The van der Waals surface area contributed by atoms with Gasteiger partial charge in [-0.15, -0.1) is 11.8 Å². The SMILES string of the molecule is C/C(CC(=O)Nc1ccccc1)=N\NC(=O)CSCc1ccc(Cl)cc1. The fourth-order valence-electron chi connectivity index (χ4n) is 2.03. The Bertz CT molecular complexity index is 764. The van der Waals surface area contributed by atoms with Gasteiger partial charge in [0, 0.05) is 22.2 Å². The lowest BCUT2D eigenvalue weighted by Crippen LogP contribution is -2.22. The quantitative estimate of drug-likeness (QED) is 0.527. The Labute approximate surface area is 162 Å². The van der Waals surface area contributed by atoms with Crippen molar-refractivity contribution >= 4 is 46.6 Å². The predicted octanol–water partition coefficient (Wildman–Crippen LogP) is 4.09. The minimum absolute atomic E-state index is 0.118. The van der Waals surface area contributed by atoms with Crippen LogP contribution in [0.5, 0.6) is 0 Å². The summed E-state index contributed by atoms with van der Waals surface area (Å²) in [5, 5.41) is 7.43. The average molecular weight is 390 g/mol. The minimum atomic E-state index is -0.202. The molecule has 0 saturated carbocycles. The van der Waals surface area contributed by atoms with Crippen LogP contribution in [0, 0.1) is 0 Å². The molecule has 2 N–H and O–H groups in total. The number of nitrogens with one attached hydrogen (secondary N) is 2. The normalized spacial score (nSPS) is 11.1. The lowest BCUT2D eigenvalue weighted by Gasteiger charge is -2.05. The lowest BCUT2D eigenvalue weighted by molar-refractivity contribution is -0.118. The van der Waals surface area contributed by atoms with Gasteiger partial charge in [-0.3, -0.25) is 9.59 Å². The Morgan fingerprint density at radius 1 is 1.04 bits per heavy atom. The van der Waals surface area contributed by atoms with Crippen molar-refractivity contribution in [1.29, 1.82) is 0 Å². The third-order valence-corrected chi connectivity index (χ3v) is 4.52. The molecule has 2 aromatic rings. The van der Waals surface area contributed by atoms with Crippen LogP contribution in [0.15, 0.2) is 59.7 Å². The molecule has 0 fully saturated rings. The van der Waals surface area contributed by atoms with E-state index in [2.05, 4.69) is 15.8 Å². The molecule has 0 aromatic heterocycles. The Morgan fingerprint density at radius 2 is 1.73 bits per heavy atom. The van der Waals surface area contributed by atoms with Crippen LogP contribution in [0.1, 0.15) is 18.9 Å². The van der Waals surface area contributed by atoms with E-state index < -0.39 is 0 Å². The molecule has 7 heteroatoms. The van der Waals surface area contributed by atoms with Gasteiger partial charge in [0.1, 0.15) is 0 Å². The summed E-state index contributed by atoms with van der Waals surface area (Å²) < 4.78 is 0. The van der Waals surface area contributed by atoms with Crippen molar-refractivity contribution in [3.8, 4) is 0 Å². The van der Waals surface area contributed by atoms with Gasteiger partial charge in [0.25, 0.3) is 0 Å². The molecular formula is C19H20ClN3O2S. The fourth-order valence-corrected chi connectivity index (χ4v) is 2.94. The number of thioether (sulfide) groups is 1. The predicted molar refractivity (Wildman–Crippen MR) is 109 cm³/mol. The molecule has 0 aliphatic rings. The summed E-state index contributed by atoms with van der Waals surface area (Å²) in [5.41, 5.74) is 4.84. The lowest BCUT2D eigenvalue weighted by atomic mass is 10.2. The van der Waals surface area contributed by atoms with Crippen LogP contribution >= 0.6 is 23.4 Å². The molecule has 2 rings (SSSR count). The first-order chi connectivity index (χ1) is 12.5. The third kappa shape index (κ3) is 7.72. The summed E-state index contributed by atoms with van der Waals surface area (Å²) in [6.45, 7) is 1.70. The molecule has 26 heavy (non-hydrogen) atoms. The van der Waals surface area contributed by atoms with Crippen molar-refractivity contribution in [2.45, 2.75) is 19.1 Å². The zero-order valence-corrected chi connectivity index (χ0v) is 15.9. The molecule has 0 heterocycles. The maximum Gasteiger partial charge on any atom is 0.250 e. The van der Waals surface area contributed by atoms with Gasteiger partial charge in [0.2, 0.25) is 11.8 Å². The second-order valence-corrected chi connectivity index (χ2v) is 7.01. The summed E-state index contributed by atoms with van der Waals surface area (Å²) in [4.78, 5) is 23.7. The number of hydrazone groups is 1. The molecule has 0 spiro atoms. The minimum Gasteiger partial charge on any atom is -0.326 e. The molecule has 0 aliphatic carbocycles. The molecule has 0 atom stereocenters. The van der Waals surface area contributed by atoms with Crippen molar-refractivity contribution in [2.75, 3.05) is 11.1 Å². The van der Waals surface area contributed by atoms with E-state index in [1.165, 1.54) is 11.8 Å². The summed E-state index contributed by atoms with van der Waals surface area (Å²) >= 11 is 7.32. The van der Waals surface area contributed by atoms with E-state index in [9.17, 15) is 9.59 Å². The number of rotatable bonds is 8. The average Bonchev–Trinajstić information content (AvgIpc) is 2.62. The standard InChI is InChI=1S/C19H20ClN3O2S/c1-14(11-18(24)21-17-5-3-2-4-6-17)22-23-19(25)13-26-12-15-7-9-16(20)10-8-15/h2-10H,11-13H2,1H3,(H,21,24)(H,23,25)/b22-14+. The van der Waals surface area contributed by atoms with Crippen molar-refractivity contribution in [3.05, 3.63) is 65.2 Å². The zero-order chi connectivity index (χ0) is 18.8. The van der Waals surface area contributed by atoms with E-state index in [0.717, 1.165) is 11.3 Å². The molecule has 0 unspecified atom stereocenters. The van der Waals surface area contributed by atoms with Crippen LogP contribution in [-0.2, 0) is 15.3 Å². The summed E-state index contributed by atoms with van der Waals surface area (Å²) in [7, 11) is 0. The van der Waals surface area contributed by atoms with Crippen LogP contribution in [0.3, 0.4) is 0 Å². The highest BCUT2D eigenvalue weighted by Gasteiger charge is 2.06. The van der Waals surface area contributed by atoms with Gasteiger partial charge in [0.05, 0.1) is 12.2 Å². The topological polar surface area (TPSA) is 70.6 Å². The number of benzene rings is 2. The molecule has 5 nitrogen and oxygen atoms in total.